The van der Waals surface area contributed by atoms with Gasteiger partial charge in [-0.3, -0.25) is 4.79 Å². The van der Waals surface area contributed by atoms with Crippen LogP contribution in [0.3, 0.4) is 0 Å². The number of allylic oxidation sites excluding steroid dienone is 4. The molecule has 3 aliphatic rings. The Morgan fingerprint density at radius 2 is 1.92 bits per heavy atom. The molecule has 1 fully saturated rings. The second-order valence-corrected chi connectivity index (χ2v) is 3.97. The van der Waals surface area contributed by atoms with Gasteiger partial charge in [0.2, 0.25) is 0 Å². The third-order valence-electron chi connectivity index (χ3n) is 3.42. The maximum atomic E-state index is 11.4. The van der Waals surface area contributed by atoms with Crippen molar-refractivity contribution < 1.29 is 9.90 Å². The maximum Gasteiger partial charge on any atom is 0.163 e. The van der Waals surface area contributed by atoms with Crippen molar-refractivity contribution in [3.05, 3.63) is 24.0 Å². The van der Waals surface area contributed by atoms with E-state index in [4.69, 9.17) is 0 Å². The van der Waals surface area contributed by atoms with Crippen LogP contribution in [-0.2, 0) is 4.79 Å². The summed E-state index contributed by atoms with van der Waals surface area (Å²) < 4.78 is 0. The van der Waals surface area contributed by atoms with Gasteiger partial charge in [0.05, 0.1) is 0 Å². The van der Waals surface area contributed by atoms with Gasteiger partial charge >= 0.3 is 0 Å². The predicted molar refractivity (Wildman–Crippen MR) is 43.4 cm³/mol. The van der Waals surface area contributed by atoms with Crippen LogP contribution in [-0.4, -0.2) is 10.9 Å². The summed E-state index contributed by atoms with van der Waals surface area (Å²) in [4.78, 5) is 11.4. The van der Waals surface area contributed by atoms with Gasteiger partial charge in [-0.1, -0.05) is 12.2 Å². The van der Waals surface area contributed by atoms with Crippen LogP contribution in [0.1, 0.15) is 6.42 Å². The Morgan fingerprint density at radius 3 is 2.58 bits per heavy atom. The minimum absolute atomic E-state index is 0.0833. The maximum absolute atomic E-state index is 11.4. The summed E-state index contributed by atoms with van der Waals surface area (Å²) in [5.74, 6) is 1.51. The van der Waals surface area contributed by atoms with Crippen LogP contribution < -0.4 is 0 Å². The van der Waals surface area contributed by atoms with Gasteiger partial charge in [-0.2, -0.15) is 0 Å². The van der Waals surface area contributed by atoms with E-state index in [0.717, 1.165) is 6.42 Å². The number of carbonyl (C=O) groups is 1. The first-order valence-corrected chi connectivity index (χ1v) is 4.40. The molecule has 0 saturated heterocycles. The van der Waals surface area contributed by atoms with Crippen LogP contribution in [0.4, 0.5) is 0 Å². The molecule has 0 spiro atoms. The van der Waals surface area contributed by atoms with Crippen LogP contribution in [0.15, 0.2) is 24.0 Å². The Balaban J connectivity index is 2.09. The highest BCUT2D eigenvalue weighted by molar-refractivity contribution is 5.96. The Hall–Kier alpha value is -1.05. The monoisotopic (exact) mass is 162 g/mol. The molecule has 2 bridgehead atoms. The molecule has 3 rings (SSSR count). The lowest BCUT2D eigenvalue weighted by Crippen LogP contribution is -2.21. The standard InChI is InChI=1S/C10H10O2/c11-7-4-8(12)10-6-2-1-5(3-6)9(7)10/h1-2,4-6,9-11H,3H2/t5-,6-,9-,10+/m0/s1. The molecule has 2 nitrogen and oxygen atoms in total. The first-order chi connectivity index (χ1) is 5.77. The molecule has 0 unspecified atom stereocenters. The normalized spacial score (nSPS) is 48.3. The molecule has 0 aromatic carbocycles. The fraction of sp³-hybridized carbons (Fsp3) is 0.500. The average Bonchev–Trinajstić information content (AvgIpc) is 2.64. The van der Waals surface area contributed by atoms with Gasteiger partial charge in [0.15, 0.2) is 5.78 Å². The van der Waals surface area contributed by atoms with Crippen molar-refractivity contribution in [1.82, 2.24) is 0 Å². The summed E-state index contributed by atoms with van der Waals surface area (Å²) in [7, 11) is 0. The number of rotatable bonds is 0. The lowest BCUT2D eigenvalue weighted by molar-refractivity contribution is -0.118. The first kappa shape index (κ1) is 6.46. The number of aliphatic hydroxyl groups is 1. The molecule has 12 heavy (non-hydrogen) atoms. The van der Waals surface area contributed by atoms with Gasteiger partial charge in [-0.25, -0.2) is 0 Å². The number of carbonyl (C=O) groups excluding carboxylic acids is 1. The first-order valence-electron chi connectivity index (χ1n) is 4.40. The van der Waals surface area contributed by atoms with Crippen LogP contribution in [0.2, 0.25) is 0 Å². The van der Waals surface area contributed by atoms with Crippen molar-refractivity contribution >= 4 is 5.78 Å². The number of hydrogen-bond acceptors (Lipinski definition) is 2. The summed E-state index contributed by atoms with van der Waals surface area (Å²) in [5.41, 5.74) is 0. The van der Waals surface area contributed by atoms with E-state index in [1.165, 1.54) is 6.08 Å². The predicted octanol–water partition coefficient (Wildman–Crippen LogP) is 1.45. The van der Waals surface area contributed by atoms with Crippen LogP contribution in [0.25, 0.3) is 0 Å². The molecule has 0 heterocycles. The van der Waals surface area contributed by atoms with Gasteiger partial charge in [-0.15, -0.1) is 0 Å². The highest BCUT2D eigenvalue weighted by atomic mass is 16.3. The van der Waals surface area contributed by atoms with Gasteiger partial charge < -0.3 is 5.11 Å². The summed E-state index contributed by atoms with van der Waals surface area (Å²) in [6.07, 6.45) is 6.77. The van der Waals surface area contributed by atoms with Crippen molar-refractivity contribution in [3.8, 4) is 0 Å². The topological polar surface area (TPSA) is 37.3 Å². The molecule has 62 valence electrons. The highest BCUT2D eigenvalue weighted by Crippen LogP contribution is 2.53. The Morgan fingerprint density at radius 1 is 1.25 bits per heavy atom. The van der Waals surface area contributed by atoms with Gasteiger partial charge in [0, 0.05) is 17.9 Å². The highest BCUT2D eigenvalue weighted by Gasteiger charge is 2.52. The van der Waals surface area contributed by atoms with Crippen molar-refractivity contribution in [2.75, 3.05) is 0 Å². The molecule has 0 amide bonds. The quantitative estimate of drug-likeness (QED) is 0.547. The zero-order chi connectivity index (χ0) is 8.29. The molecule has 1 N–H and O–H groups in total. The van der Waals surface area contributed by atoms with Gasteiger partial charge in [0.25, 0.3) is 0 Å². The Bertz CT molecular complexity index is 314. The van der Waals surface area contributed by atoms with E-state index in [-0.39, 0.29) is 17.6 Å². The summed E-state index contributed by atoms with van der Waals surface area (Å²) in [6, 6.07) is 0. The van der Waals surface area contributed by atoms with Crippen molar-refractivity contribution in [2.45, 2.75) is 6.42 Å². The molecule has 0 aromatic rings. The molecule has 1 saturated carbocycles. The molecular formula is C10H10O2. The second kappa shape index (κ2) is 1.82. The lowest BCUT2D eigenvalue weighted by atomic mass is 9.84. The van der Waals surface area contributed by atoms with Crippen LogP contribution >= 0.6 is 0 Å². The van der Waals surface area contributed by atoms with Gasteiger partial charge in [-0.05, 0) is 18.3 Å². The van der Waals surface area contributed by atoms with E-state index in [2.05, 4.69) is 12.2 Å². The molecule has 0 aliphatic heterocycles. The average molecular weight is 162 g/mol. The lowest BCUT2D eigenvalue weighted by Gasteiger charge is -2.19. The van der Waals surface area contributed by atoms with E-state index >= 15 is 0 Å². The smallest absolute Gasteiger partial charge is 0.163 e. The summed E-state index contributed by atoms with van der Waals surface area (Å²) >= 11 is 0. The van der Waals surface area contributed by atoms with E-state index in [0.29, 0.717) is 17.6 Å². The minimum Gasteiger partial charge on any atom is -0.512 e. The van der Waals surface area contributed by atoms with Crippen molar-refractivity contribution in [2.24, 2.45) is 23.7 Å². The number of aliphatic hydroxyl groups excluding tert-OH is 1. The van der Waals surface area contributed by atoms with Crippen molar-refractivity contribution in [1.29, 1.82) is 0 Å². The number of ketones is 1. The molecule has 0 aromatic heterocycles. The van der Waals surface area contributed by atoms with Crippen LogP contribution in [0, 0.1) is 23.7 Å². The fourth-order valence-electron chi connectivity index (χ4n) is 2.95. The molecule has 3 aliphatic carbocycles. The van der Waals surface area contributed by atoms with E-state index in [1.807, 2.05) is 0 Å². The second-order valence-electron chi connectivity index (χ2n) is 3.97. The molecular weight excluding hydrogens is 152 g/mol. The molecule has 0 radical (unpaired) electrons. The largest absolute Gasteiger partial charge is 0.512 e. The Kier molecular flexibility index (Phi) is 0.978. The zero-order valence-corrected chi connectivity index (χ0v) is 6.60. The fourth-order valence-corrected chi connectivity index (χ4v) is 2.95. The third kappa shape index (κ3) is 0.554. The molecule has 2 heteroatoms. The molecule has 4 atom stereocenters. The minimum atomic E-state index is 0.0833. The third-order valence-corrected chi connectivity index (χ3v) is 3.42. The van der Waals surface area contributed by atoms with E-state index < -0.39 is 0 Å². The Labute approximate surface area is 70.6 Å². The van der Waals surface area contributed by atoms with Crippen molar-refractivity contribution in [3.63, 3.8) is 0 Å². The zero-order valence-electron chi connectivity index (χ0n) is 6.60. The summed E-state index contributed by atoms with van der Waals surface area (Å²) in [5, 5.41) is 9.50. The van der Waals surface area contributed by atoms with Gasteiger partial charge in [0.1, 0.15) is 5.76 Å². The van der Waals surface area contributed by atoms with E-state index in [1.54, 1.807) is 0 Å². The number of hydrogen-bond donors (Lipinski definition) is 1. The summed E-state index contributed by atoms with van der Waals surface area (Å²) in [6.45, 7) is 0. The van der Waals surface area contributed by atoms with E-state index in [9.17, 15) is 9.90 Å². The SMILES string of the molecule is O=C1C=C(O)[C@H]2[C@@H]1[C@H]1C=C[C@H]2C1. The van der Waals surface area contributed by atoms with Crippen LogP contribution in [0.5, 0.6) is 0 Å². The number of fused-ring (bicyclic) bond motifs is 5.